The van der Waals surface area contributed by atoms with Crippen molar-refractivity contribution in [1.82, 2.24) is 0 Å². The summed E-state index contributed by atoms with van der Waals surface area (Å²) in [4.78, 5) is 23.4. The second-order valence-electron chi connectivity index (χ2n) is 8.41. The molecule has 2 aromatic carbocycles. The van der Waals surface area contributed by atoms with E-state index < -0.39 is 0 Å². The molecule has 0 aromatic heterocycles. The van der Waals surface area contributed by atoms with Crippen LogP contribution in [-0.4, -0.2) is 24.8 Å². The number of allylic oxidation sites excluding steroid dienone is 12. The number of benzene rings is 2. The van der Waals surface area contributed by atoms with Gasteiger partial charge in [0.05, 0.1) is 13.2 Å². The van der Waals surface area contributed by atoms with E-state index in [2.05, 4.69) is 10.6 Å². The standard InChI is InChI=1S/2C16H17NO2.Co/c2*1-3-19-14-10-8-13(9-11-14)17-12(2)15-6-4-5-7-16(15)18;/h2*4-11,17H,3H2,1-2H3;/b2*15-12-;. The van der Waals surface area contributed by atoms with Gasteiger partial charge >= 0.3 is 0 Å². The van der Waals surface area contributed by atoms with E-state index in [-0.39, 0.29) is 28.3 Å². The average Bonchev–Trinajstić information content (AvgIpc) is 2.92. The molecule has 4 rings (SSSR count). The zero-order chi connectivity index (χ0) is 27.3. The van der Waals surface area contributed by atoms with E-state index in [0.717, 1.165) is 34.3 Å². The van der Waals surface area contributed by atoms with Crippen LogP contribution in [0.25, 0.3) is 0 Å². The Bertz CT molecular complexity index is 1210. The summed E-state index contributed by atoms with van der Waals surface area (Å²) < 4.78 is 10.8. The Hall–Kier alpha value is -4.07. The number of carbonyl (C=O) groups excluding carboxylic acids is 2. The number of hydrogen-bond acceptors (Lipinski definition) is 6. The van der Waals surface area contributed by atoms with Gasteiger partial charge in [-0.1, -0.05) is 24.3 Å². The van der Waals surface area contributed by atoms with Gasteiger partial charge in [-0.15, -0.1) is 0 Å². The molecule has 2 N–H and O–H groups in total. The molecule has 0 aliphatic heterocycles. The molecule has 0 fully saturated rings. The normalized spacial score (nSPS) is 16.0. The maximum atomic E-state index is 11.7. The van der Waals surface area contributed by atoms with E-state index >= 15 is 0 Å². The molecule has 7 heteroatoms. The molecule has 1 radical (unpaired) electrons. The van der Waals surface area contributed by atoms with Gasteiger partial charge in [0.2, 0.25) is 0 Å². The maximum absolute atomic E-state index is 11.7. The van der Waals surface area contributed by atoms with E-state index in [0.29, 0.717) is 24.4 Å². The zero-order valence-corrected chi connectivity index (χ0v) is 23.7. The Balaban J connectivity index is 0.000000267. The van der Waals surface area contributed by atoms with E-state index in [1.165, 1.54) is 0 Å². The van der Waals surface area contributed by atoms with Crippen molar-refractivity contribution in [2.75, 3.05) is 23.8 Å². The Labute approximate surface area is 241 Å². The van der Waals surface area contributed by atoms with Crippen LogP contribution in [0.3, 0.4) is 0 Å². The van der Waals surface area contributed by atoms with Crippen molar-refractivity contribution in [2.45, 2.75) is 27.7 Å². The summed E-state index contributed by atoms with van der Waals surface area (Å²) in [6.45, 7) is 9.01. The Kier molecular flexibility index (Phi) is 12.8. The first-order valence-corrected chi connectivity index (χ1v) is 12.6. The third-order valence-corrected chi connectivity index (χ3v) is 5.58. The average molecular weight is 570 g/mol. The molecule has 0 spiro atoms. The van der Waals surface area contributed by atoms with Gasteiger partial charge in [-0.2, -0.15) is 0 Å². The van der Waals surface area contributed by atoms with E-state index in [1.807, 2.05) is 101 Å². The van der Waals surface area contributed by atoms with Crippen molar-refractivity contribution >= 4 is 22.9 Å². The number of nitrogens with one attached hydrogen (secondary N) is 2. The van der Waals surface area contributed by atoms with Crippen LogP contribution in [0.15, 0.2) is 120 Å². The number of carbonyl (C=O) groups is 2. The largest absolute Gasteiger partial charge is 0.494 e. The topological polar surface area (TPSA) is 76.7 Å². The van der Waals surface area contributed by atoms with Crippen molar-refractivity contribution < 1.29 is 35.8 Å². The van der Waals surface area contributed by atoms with E-state index in [9.17, 15) is 9.59 Å². The number of rotatable bonds is 8. The third-order valence-electron chi connectivity index (χ3n) is 5.58. The fraction of sp³-hybridized carbons (Fsp3) is 0.188. The molecule has 2 aliphatic rings. The summed E-state index contributed by atoms with van der Waals surface area (Å²) in [6.07, 6.45) is 14.0. The van der Waals surface area contributed by atoms with Crippen molar-refractivity contribution in [3.8, 4) is 11.5 Å². The minimum atomic E-state index is 0. The van der Waals surface area contributed by atoms with Crippen LogP contribution in [0.5, 0.6) is 11.5 Å². The van der Waals surface area contributed by atoms with Crippen LogP contribution >= 0.6 is 0 Å². The second kappa shape index (κ2) is 16.0. The SMILES string of the molecule is CCOc1ccc(N/C(C)=C2/C=CC=CC2=O)cc1.CCOc1ccc(N/C(C)=C2/C=CC=CC2=O)cc1.[Co]. The summed E-state index contributed by atoms with van der Waals surface area (Å²) in [6, 6.07) is 15.3. The fourth-order valence-corrected chi connectivity index (χ4v) is 3.72. The van der Waals surface area contributed by atoms with Gasteiger partial charge < -0.3 is 20.1 Å². The van der Waals surface area contributed by atoms with Crippen molar-refractivity contribution in [1.29, 1.82) is 0 Å². The van der Waals surface area contributed by atoms with Crippen LogP contribution in [0.4, 0.5) is 11.4 Å². The number of anilines is 2. The molecule has 0 atom stereocenters. The predicted octanol–water partition coefficient (Wildman–Crippen LogP) is 6.93. The molecule has 0 saturated carbocycles. The van der Waals surface area contributed by atoms with Crippen molar-refractivity contribution in [2.24, 2.45) is 0 Å². The van der Waals surface area contributed by atoms with E-state index in [1.54, 1.807) is 24.3 Å². The summed E-state index contributed by atoms with van der Waals surface area (Å²) in [7, 11) is 0. The van der Waals surface area contributed by atoms with Crippen molar-refractivity contribution in [3.63, 3.8) is 0 Å². The number of ketones is 2. The monoisotopic (exact) mass is 569 g/mol. The van der Waals surface area contributed by atoms with Gasteiger partial charge in [0.1, 0.15) is 11.5 Å². The molecule has 39 heavy (non-hydrogen) atoms. The van der Waals surface area contributed by atoms with Gasteiger partial charge in [-0.05, 0) is 101 Å². The molecular weight excluding hydrogens is 535 g/mol. The quantitative estimate of drug-likeness (QED) is 0.336. The smallest absolute Gasteiger partial charge is 0.187 e. The van der Waals surface area contributed by atoms with Gasteiger partial charge in [-0.3, -0.25) is 9.59 Å². The summed E-state index contributed by atoms with van der Waals surface area (Å²) in [5.41, 5.74) is 4.94. The van der Waals surface area contributed by atoms with Crippen LogP contribution in [0.1, 0.15) is 27.7 Å². The third kappa shape index (κ3) is 9.63. The summed E-state index contributed by atoms with van der Waals surface area (Å²) in [5.74, 6) is 1.74. The zero-order valence-electron chi connectivity index (χ0n) is 22.6. The molecule has 2 aromatic rings. The number of hydrogen-bond donors (Lipinski definition) is 2. The van der Waals surface area contributed by atoms with Gasteiger partial charge in [0.15, 0.2) is 11.6 Å². The molecule has 0 unspecified atom stereocenters. The van der Waals surface area contributed by atoms with E-state index in [4.69, 9.17) is 9.47 Å². The maximum Gasteiger partial charge on any atom is 0.187 e. The first kappa shape index (κ1) is 31.1. The van der Waals surface area contributed by atoms with Crippen LogP contribution in [0, 0.1) is 0 Å². The first-order chi connectivity index (χ1) is 18.4. The van der Waals surface area contributed by atoms with Gasteiger partial charge in [0, 0.05) is 50.7 Å². The number of ether oxygens (including phenoxy) is 2. The molecule has 0 saturated heterocycles. The summed E-state index contributed by atoms with van der Waals surface area (Å²) in [5, 5.41) is 6.46. The van der Waals surface area contributed by atoms with Gasteiger partial charge in [0.25, 0.3) is 0 Å². The Morgan fingerprint density at radius 3 is 1.23 bits per heavy atom. The second-order valence-corrected chi connectivity index (χ2v) is 8.41. The van der Waals surface area contributed by atoms with Crippen molar-refractivity contribution in [3.05, 3.63) is 120 Å². The molecule has 6 nitrogen and oxygen atoms in total. The molecule has 205 valence electrons. The van der Waals surface area contributed by atoms with Crippen LogP contribution < -0.4 is 20.1 Å². The molecule has 0 bridgehead atoms. The predicted molar refractivity (Wildman–Crippen MR) is 154 cm³/mol. The Morgan fingerprint density at radius 2 is 0.923 bits per heavy atom. The fourth-order valence-electron chi connectivity index (χ4n) is 3.72. The molecule has 2 aliphatic carbocycles. The molecular formula is C32H34CoN2O4. The van der Waals surface area contributed by atoms with Gasteiger partial charge in [-0.25, -0.2) is 0 Å². The summed E-state index contributed by atoms with van der Waals surface area (Å²) >= 11 is 0. The minimum Gasteiger partial charge on any atom is -0.494 e. The first-order valence-electron chi connectivity index (χ1n) is 12.6. The Morgan fingerprint density at radius 1 is 0.590 bits per heavy atom. The van der Waals surface area contributed by atoms with Crippen LogP contribution in [0.2, 0.25) is 0 Å². The molecule has 0 amide bonds. The molecule has 0 heterocycles. The van der Waals surface area contributed by atoms with Crippen LogP contribution in [-0.2, 0) is 26.4 Å². The minimum absolute atomic E-state index is 0.